The second kappa shape index (κ2) is 8.09. The maximum absolute atomic E-state index is 13.7. The van der Waals surface area contributed by atoms with Crippen molar-refractivity contribution in [2.45, 2.75) is 25.3 Å². The highest BCUT2D eigenvalue weighted by Crippen LogP contribution is 2.33. The topological polar surface area (TPSA) is 32.8 Å². The summed E-state index contributed by atoms with van der Waals surface area (Å²) in [5, 5.41) is 0. The minimum atomic E-state index is -0.250. The Kier molecular flexibility index (Phi) is 5.39. The Hall–Kier alpha value is -2.40. The van der Waals surface area contributed by atoms with Gasteiger partial charge < -0.3 is 14.5 Å². The second-order valence-corrected chi connectivity index (χ2v) is 7.21. The van der Waals surface area contributed by atoms with E-state index in [0.29, 0.717) is 25.3 Å². The molecule has 0 saturated carbocycles. The summed E-state index contributed by atoms with van der Waals surface area (Å²) < 4.78 is 19.1. The largest absolute Gasteiger partial charge is 0.378 e. The highest BCUT2D eigenvalue weighted by molar-refractivity contribution is 5.95. The zero-order chi connectivity index (χ0) is 18.6. The van der Waals surface area contributed by atoms with Gasteiger partial charge in [-0.25, -0.2) is 4.39 Å². The fourth-order valence-electron chi connectivity index (χ4n) is 4.06. The molecule has 4 rings (SSSR count). The molecule has 2 heterocycles. The number of hydrogen-bond acceptors (Lipinski definition) is 3. The number of rotatable bonds is 3. The summed E-state index contributed by atoms with van der Waals surface area (Å²) in [6, 6.07) is 14.4. The Morgan fingerprint density at radius 2 is 1.81 bits per heavy atom. The van der Waals surface area contributed by atoms with Gasteiger partial charge in [0.05, 0.1) is 19.3 Å². The molecule has 2 aromatic carbocycles. The van der Waals surface area contributed by atoms with Crippen LogP contribution in [0.4, 0.5) is 10.1 Å². The number of piperidine rings is 1. The summed E-state index contributed by atoms with van der Waals surface area (Å²) >= 11 is 0. The minimum absolute atomic E-state index is 0.0269. The van der Waals surface area contributed by atoms with Crippen LogP contribution in [0.15, 0.2) is 48.5 Å². The molecule has 2 aliphatic rings. The molecule has 0 spiro atoms. The van der Waals surface area contributed by atoms with Crippen LogP contribution < -0.4 is 4.90 Å². The zero-order valence-electron chi connectivity index (χ0n) is 15.4. The van der Waals surface area contributed by atoms with Gasteiger partial charge in [-0.05, 0) is 55.2 Å². The van der Waals surface area contributed by atoms with Gasteiger partial charge in [0.1, 0.15) is 5.82 Å². The van der Waals surface area contributed by atoms with Crippen LogP contribution in [0.5, 0.6) is 0 Å². The van der Waals surface area contributed by atoms with Gasteiger partial charge in [-0.15, -0.1) is 0 Å². The third kappa shape index (κ3) is 3.98. The van der Waals surface area contributed by atoms with Crippen LogP contribution in [-0.4, -0.2) is 43.7 Å². The highest BCUT2D eigenvalue weighted by Gasteiger charge is 2.29. The molecular formula is C22H25FN2O2. The number of benzene rings is 2. The average Bonchev–Trinajstić information content (AvgIpc) is 2.74. The van der Waals surface area contributed by atoms with E-state index in [4.69, 9.17) is 4.74 Å². The van der Waals surface area contributed by atoms with Crippen molar-refractivity contribution in [1.29, 1.82) is 0 Å². The Morgan fingerprint density at radius 1 is 1.00 bits per heavy atom. The minimum Gasteiger partial charge on any atom is -0.378 e. The predicted molar refractivity (Wildman–Crippen MR) is 104 cm³/mol. The third-order valence-corrected chi connectivity index (χ3v) is 5.47. The van der Waals surface area contributed by atoms with Crippen molar-refractivity contribution in [3.8, 4) is 0 Å². The Labute approximate surface area is 159 Å². The van der Waals surface area contributed by atoms with Crippen molar-refractivity contribution in [1.82, 2.24) is 4.90 Å². The van der Waals surface area contributed by atoms with Crippen LogP contribution in [0.1, 0.15) is 41.2 Å². The number of carbonyl (C=O) groups excluding carboxylic acids is 1. The molecular weight excluding hydrogens is 343 g/mol. The average molecular weight is 368 g/mol. The van der Waals surface area contributed by atoms with Crippen LogP contribution in [-0.2, 0) is 4.74 Å². The number of nitrogens with zero attached hydrogens (tertiary/aromatic N) is 2. The molecule has 2 aromatic rings. The molecule has 142 valence electrons. The van der Waals surface area contributed by atoms with Gasteiger partial charge >= 0.3 is 0 Å². The van der Waals surface area contributed by atoms with Gasteiger partial charge in [0, 0.05) is 30.9 Å². The SMILES string of the molecule is O=C(c1cccc(N2CCOCC2)c1)N1CCCC[C@@H]1c1cccc(F)c1. The van der Waals surface area contributed by atoms with Gasteiger partial charge in [-0.1, -0.05) is 18.2 Å². The Balaban J connectivity index is 1.58. The van der Waals surface area contributed by atoms with E-state index in [-0.39, 0.29) is 17.8 Å². The van der Waals surface area contributed by atoms with Crippen LogP contribution in [0.25, 0.3) is 0 Å². The first kappa shape index (κ1) is 18.0. The van der Waals surface area contributed by atoms with Crippen LogP contribution in [0.3, 0.4) is 0 Å². The first-order valence-corrected chi connectivity index (χ1v) is 9.71. The molecule has 0 N–H and O–H groups in total. The van der Waals surface area contributed by atoms with E-state index in [1.807, 2.05) is 35.2 Å². The van der Waals surface area contributed by atoms with Crippen molar-refractivity contribution < 1.29 is 13.9 Å². The highest BCUT2D eigenvalue weighted by atomic mass is 19.1. The van der Waals surface area contributed by atoms with Crippen LogP contribution in [0, 0.1) is 5.82 Å². The predicted octanol–water partition coefficient (Wildman–Crippen LogP) is 4.03. The van der Waals surface area contributed by atoms with Crippen molar-refractivity contribution in [3.05, 3.63) is 65.5 Å². The number of halogens is 1. The molecule has 0 aromatic heterocycles. The van der Waals surface area contributed by atoms with E-state index < -0.39 is 0 Å². The maximum Gasteiger partial charge on any atom is 0.254 e. The molecule has 2 saturated heterocycles. The lowest BCUT2D eigenvalue weighted by Gasteiger charge is -2.36. The van der Waals surface area contributed by atoms with Crippen molar-refractivity contribution >= 4 is 11.6 Å². The lowest BCUT2D eigenvalue weighted by Crippen LogP contribution is -2.39. The Morgan fingerprint density at radius 3 is 2.63 bits per heavy atom. The van der Waals surface area contributed by atoms with E-state index in [1.165, 1.54) is 6.07 Å². The lowest BCUT2D eigenvalue weighted by atomic mass is 9.94. The lowest BCUT2D eigenvalue weighted by molar-refractivity contribution is 0.0611. The van der Waals surface area contributed by atoms with E-state index in [1.54, 1.807) is 12.1 Å². The molecule has 0 bridgehead atoms. The van der Waals surface area contributed by atoms with E-state index in [9.17, 15) is 9.18 Å². The molecule has 4 nitrogen and oxygen atoms in total. The fraction of sp³-hybridized carbons (Fsp3) is 0.409. The van der Waals surface area contributed by atoms with E-state index >= 15 is 0 Å². The van der Waals surface area contributed by atoms with E-state index in [0.717, 1.165) is 43.6 Å². The molecule has 2 aliphatic heterocycles. The normalized spacial score (nSPS) is 20.6. The van der Waals surface area contributed by atoms with Gasteiger partial charge in [0.2, 0.25) is 0 Å². The van der Waals surface area contributed by atoms with Crippen LogP contribution >= 0.6 is 0 Å². The van der Waals surface area contributed by atoms with Gasteiger partial charge in [-0.2, -0.15) is 0 Å². The quantitative estimate of drug-likeness (QED) is 0.820. The summed E-state index contributed by atoms with van der Waals surface area (Å²) in [6.07, 6.45) is 2.91. The number of likely N-dealkylation sites (tertiary alicyclic amines) is 1. The molecule has 5 heteroatoms. The van der Waals surface area contributed by atoms with E-state index in [2.05, 4.69) is 4.90 Å². The Bertz CT molecular complexity index is 804. The second-order valence-electron chi connectivity index (χ2n) is 7.21. The molecule has 1 atom stereocenters. The molecule has 0 unspecified atom stereocenters. The number of anilines is 1. The number of carbonyl (C=O) groups is 1. The van der Waals surface area contributed by atoms with Gasteiger partial charge in [-0.3, -0.25) is 4.79 Å². The summed E-state index contributed by atoms with van der Waals surface area (Å²) in [6.45, 7) is 3.82. The standard InChI is InChI=1S/C22H25FN2O2/c23-19-7-3-5-17(15-19)21-9-1-2-10-25(21)22(26)18-6-4-8-20(16-18)24-11-13-27-14-12-24/h3-8,15-16,21H,1-2,9-14H2/t21-/m1/s1. The maximum atomic E-state index is 13.7. The fourth-order valence-corrected chi connectivity index (χ4v) is 4.06. The number of morpholine rings is 1. The molecule has 0 radical (unpaired) electrons. The van der Waals surface area contributed by atoms with Gasteiger partial charge in [0.15, 0.2) is 0 Å². The third-order valence-electron chi connectivity index (χ3n) is 5.47. The summed E-state index contributed by atoms with van der Waals surface area (Å²) in [5.41, 5.74) is 2.64. The molecule has 27 heavy (non-hydrogen) atoms. The number of amides is 1. The smallest absolute Gasteiger partial charge is 0.254 e. The number of ether oxygens (including phenoxy) is 1. The van der Waals surface area contributed by atoms with Crippen LogP contribution in [0.2, 0.25) is 0 Å². The molecule has 2 fully saturated rings. The van der Waals surface area contributed by atoms with Crippen molar-refractivity contribution in [2.75, 3.05) is 37.7 Å². The zero-order valence-corrected chi connectivity index (χ0v) is 15.4. The van der Waals surface area contributed by atoms with Crippen molar-refractivity contribution in [3.63, 3.8) is 0 Å². The van der Waals surface area contributed by atoms with Gasteiger partial charge in [0.25, 0.3) is 5.91 Å². The number of hydrogen-bond donors (Lipinski definition) is 0. The summed E-state index contributed by atoms with van der Waals surface area (Å²) in [7, 11) is 0. The first-order chi connectivity index (χ1) is 13.2. The van der Waals surface area contributed by atoms with Crippen molar-refractivity contribution in [2.24, 2.45) is 0 Å². The monoisotopic (exact) mass is 368 g/mol. The molecule has 1 amide bonds. The first-order valence-electron chi connectivity index (χ1n) is 9.71. The summed E-state index contributed by atoms with van der Waals surface area (Å²) in [5.74, 6) is -0.223. The summed E-state index contributed by atoms with van der Waals surface area (Å²) in [4.78, 5) is 17.5. The molecule has 0 aliphatic carbocycles.